The van der Waals surface area contributed by atoms with Gasteiger partial charge >= 0.3 is 0 Å². The van der Waals surface area contributed by atoms with Crippen LogP contribution in [0.25, 0.3) is 0 Å². The lowest BCUT2D eigenvalue weighted by atomic mass is 10.1. The fraction of sp³-hybridized carbons (Fsp3) is 0.111. The van der Waals surface area contributed by atoms with Crippen molar-refractivity contribution in [1.82, 2.24) is 10.3 Å². The van der Waals surface area contributed by atoms with E-state index in [1.54, 1.807) is 0 Å². The zero-order chi connectivity index (χ0) is 21.1. The third kappa shape index (κ3) is 6.03. The first-order valence-electron chi connectivity index (χ1n) is 10.5. The van der Waals surface area contributed by atoms with Gasteiger partial charge in [0.2, 0.25) is 0 Å². The van der Waals surface area contributed by atoms with Gasteiger partial charge in [-0.2, -0.15) is 0 Å². The van der Waals surface area contributed by atoms with Crippen LogP contribution in [0.4, 0.5) is 5.82 Å². The van der Waals surface area contributed by atoms with Crippen molar-refractivity contribution in [3.05, 3.63) is 132 Å². The number of pyridine rings is 1. The van der Waals surface area contributed by atoms with Crippen molar-refractivity contribution < 1.29 is 0 Å². The summed E-state index contributed by atoms with van der Waals surface area (Å²) in [4.78, 5) is 9.51. The van der Waals surface area contributed by atoms with E-state index >= 15 is 0 Å². The molecule has 0 amide bonds. The van der Waals surface area contributed by atoms with Crippen LogP contribution in [0, 0.1) is 0 Å². The molecule has 0 saturated heterocycles. The minimum atomic E-state index is 0.602. The molecule has 1 heterocycles. The smallest absolute Gasteiger partial charge is 0.137 e. The Labute approximate surface area is 183 Å². The third-order valence-corrected chi connectivity index (χ3v) is 4.93. The number of hydrogen-bond acceptors (Lipinski definition) is 3. The summed E-state index contributed by atoms with van der Waals surface area (Å²) in [5.41, 5.74) is 4.55. The molecule has 2 N–H and O–H groups in total. The predicted molar refractivity (Wildman–Crippen MR) is 128 cm³/mol. The highest BCUT2D eigenvalue weighted by Gasteiger charge is 2.11. The zero-order valence-electron chi connectivity index (χ0n) is 17.4. The number of anilines is 1. The summed E-state index contributed by atoms with van der Waals surface area (Å²) < 4.78 is 0. The van der Waals surface area contributed by atoms with E-state index in [4.69, 9.17) is 4.99 Å². The maximum atomic E-state index is 4.92. The number of nitrogens with one attached hydrogen (secondary N) is 2. The molecule has 0 aliphatic heterocycles. The molecule has 0 unspecified atom stereocenters. The lowest BCUT2D eigenvalue weighted by Gasteiger charge is -2.15. The van der Waals surface area contributed by atoms with Gasteiger partial charge in [0.1, 0.15) is 11.7 Å². The molecule has 3 aromatic carbocycles. The molecule has 154 valence electrons. The van der Waals surface area contributed by atoms with Crippen molar-refractivity contribution in [2.75, 3.05) is 5.32 Å². The Morgan fingerprint density at radius 1 is 0.645 bits per heavy atom. The number of hydrogen-bond donors (Lipinski definition) is 2. The number of amidine groups is 1. The molecule has 0 radical (unpaired) electrons. The van der Waals surface area contributed by atoms with Gasteiger partial charge in [-0.15, -0.1) is 0 Å². The third-order valence-electron chi connectivity index (χ3n) is 4.93. The first-order valence-corrected chi connectivity index (χ1v) is 10.5. The van der Waals surface area contributed by atoms with Gasteiger partial charge in [0, 0.05) is 19.3 Å². The molecule has 0 aliphatic carbocycles. The average Bonchev–Trinajstić information content (AvgIpc) is 2.85. The zero-order valence-corrected chi connectivity index (χ0v) is 17.4. The van der Waals surface area contributed by atoms with Gasteiger partial charge in [-0.05, 0) is 28.8 Å². The molecule has 0 aliphatic rings. The Morgan fingerprint density at radius 3 is 1.87 bits per heavy atom. The van der Waals surface area contributed by atoms with Crippen molar-refractivity contribution in [3.63, 3.8) is 0 Å². The van der Waals surface area contributed by atoms with Gasteiger partial charge in [-0.3, -0.25) is 4.99 Å². The molecule has 4 rings (SSSR count). The van der Waals surface area contributed by atoms with Crippen LogP contribution in [-0.2, 0) is 19.6 Å². The van der Waals surface area contributed by atoms with Crippen LogP contribution >= 0.6 is 0 Å². The first-order chi connectivity index (χ1) is 15.4. The Hall–Kier alpha value is -3.92. The van der Waals surface area contributed by atoms with Gasteiger partial charge < -0.3 is 10.6 Å². The Kier molecular flexibility index (Phi) is 7.05. The van der Waals surface area contributed by atoms with Crippen LogP contribution in [0.1, 0.15) is 22.3 Å². The van der Waals surface area contributed by atoms with Crippen LogP contribution in [0.15, 0.2) is 114 Å². The van der Waals surface area contributed by atoms with Crippen molar-refractivity contribution in [2.24, 2.45) is 4.99 Å². The van der Waals surface area contributed by atoms with Gasteiger partial charge in [0.15, 0.2) is 0 Å². The molecule has 0 spiro atoms. The van der Waals surface area contributed by atoms with Crippen molar-refractivity contribution in [1.29, 1.82) is 0 Å². The molecule has 0 atom stereocenters. The molecular formula is C27H26N4. The maximum absolute atomic E-state index is 4.92. The number of benzene rings is 3. The summed E-state index contributed by atoms with van der Waals surface area (Å²) in [7, 11) is 0. The second-order valence-corrected chi connectivity index (χ2v) is 7.23. The number of aromatic nitrogens is 1. The maximum Gasteiger partial charge on any atom is 0.137 e. The minimum absolute atomic E-state index is 0.602. The highest BCUT2D eigenvalue weighted by Crippen LogP contribution is 2.15. The summed E-state index contributed by atoms with van der Waals surface area (Å²) in [6.45, 7) is 2.00. The normalized spacial score (nSPS) is 11.2. The van der Waals surface area contributed by atoms with E-state index in [1.807, 2.05) is 54.7 Å². The number of aliphatic imine (C=N–C) groups is 1. The van der Waals surface area contributed by atoms with Crippen LogP contribution in [-0.4, -0.2) is 10.8 Å². The highest BCUT2D eigenvalue weighted by molar-refractivity contribution is 6.02. The monoisotopic (exact) mass is 406 g/mol. The standard InChI is InChI=1S/C27H26N4/c1-4-11-22(12-5-1)19-29-26-25(17-10-18-28-26)27(30-20-23-13-6-2-7-14-23)31-21-24-15-8-3-9-16-24/h1-18H,19-21H2,(H,28,29)(H,30,31). The molecule has 1 aromatic heterocycles. The van der Waals surface area contributed by atoms with E-state index in [9.17, 15) is 0 Å². The summed E-state index contributed by atoms with van der Waals surface area (Å²) >= 11 is 0. The largest absolute Gasteiger partial charge is 0.366 e. The molecule has 0 bridgehead atoms. The van der Waals surface area contributed by atoms with Crippen LogP contribution in [0.2, 0.25) is 0 Å². The molecule has 0 fully saturated rings. The number of nitrogens with zero attached hydrogens (tertiary/aromatic N) is 2. The number of rotatable bonds is 8. The van der Waals surface area contributed by atoms with Crippen LogP contribution in [0.5, 0.6) is 0 Å². The topological polar surface area (TPSA) is 49.3 Å². The van der Waals surface area contributed by atoms with Gasteiger partial charge in [0.05, 0.1) is 12.1 Å². The van der Waals surface area contributed by atoms with Gasteiger partial charge in [-0.1, -0.05) is 91.0 Å². The Morgan fingerprint density at radius 2 is 1.23 bits per heavy atom. The van der Waals surface area contributed by atoms with Crippen molar-refractivity contribution in [2.45, 2.75) is 19.6 Å². The van der Waals surface area contributed by atoms with Gasteiger partial charge in [-0.25, -0.2) is 4.98 Å². The van der Waals surface area contributed by atoms with E-state index in [0.29, 0.717) is 19.6 Å². The van der Waals surface area contributed by atoms with E-state index in [-0.39, 0.29) is 0 Å². The van der Waals surface area contributed by atoms with E-state index < -0.39 is 0 Å². The lowest BCUT2D eigenvalue weighted by Crippen LogP contribution is -2.26. The van der Waals surface area contributed by atoms with Crippen molar-refractivity contribution >= 4 is 11.7 Å². The quantitative estimate of drug-likeness (QED) is 0.303. The highest BCUT2D eigenvalue weighted by atomic mass is 15.0. The summed E-state index contributed by atoms with van der Waals surface area (Å²) in [5, 5.41) is 7.01. The van der Waals surface area contributed by atoms with E-state index in [2.05, 4.69) is 70.2 Å². The first kappa shape index (κ1) is 20.4. The van der Waals surface area contributed by atoms with E-state index in [1.165, 1.54) is 16.7 Å². The lowest BCUT2D eigenvalue weighted by molar-refractivity contribution is 0.895. The summed E-state index contributed by atoms with van der Waals surface area (Å²) in [6, 6.07) is 35.0. The molecular weight excluding hydrogens is 380 g/mol. The van der Waals surface area contributed by atoms with Gasteiger partial charge in [0.25, 0.3) is 0 Å². The Bertz CT molecular complexity index is 1090. The fourth-order valence-electron chi connectivity index (χ4n) is 3.29. The molecule has 31 heavy (non-hydrogen) atoms. The fourth-order valence-corrected chi connectivity index (χ4v) is 3.29. The van der Waals surface area contributed by atoms with Crippen molar-refractivity contribution in [3.8, 4) is 0 Å². The van der Waals surface area contributed by atoms with Crippen LogP contribution < -0.4 is 10.6 Å². The summed E-state index contributed by atoms with van der Waals surface area (Å²) in [5.74, 6) is 1.65. The second-order valence-electron chi connectivity index (χ2n) is 7.23. The van der Waals surface area contributed by atoms with Crippen LogP contribution in [0.3, 0.4) is 0 Å². The van der Waals surface area contributed by atoms with E-state index in [0.717, 1.165) is 17.2 Å². The predicted octanol–water partition coefficient (Wildman–Crippen LogP) is 5.43. The summed E-state index contributed by atoms with van der Waals surface area (Å²) in [6.07, 6.45) is 1.81. The molecule has 4 heteroatoms. The molecule has 4 nitrogen and oxygen atoms in total. The molecule has 4 aromatic rings. The minimum Gasteiger partial charge on any atom is -0.366 e. The molecule has 0 saturated carbocycles. The Balaban J connectivity index is 1.57. The second kappa shape index (κ2) is 10.7. The SMILES string of the molecule is c1ccc(CN=C(NCc2ccccc2)c2cccnc2NCc2ccccc2)cc1. The average molecular weight is 407 g/mol.